The monoisotopic (exact) mass is 302 g/mol. The second kappa shape index (κ2) is 4.60. The van der Waals surface area contributed by atoms with Crippen molar-refractivity contribution in [1.29, 1.82) is 0 Å². The predicted octanol–water partition coefficient (Wildman–Crippen LogP) is 2.95. The van der Waals surface area contributed by atoms with Crippen LogP contribution < -0.4 is 0 Å². The molecule has 2 heterocycles. The highest BCUT2D eigenvalue weighted by Crippen LogP contribution is 2.41. The molecule has 0 radical (unpaired) electrons. The van der Waals surface area contributed by atoms with Gasteiger partial charge in [-0.2, -0.15) is 0 Å². The van der Waals surface area contributed by atoms with E-state index in [-0.39, 0.29) is 0 Å². The minimum Gasteiger partial charge on any atom is -0.366 e. The maximum atomic E-state index is 10.9. The molecule has 1 aromatic carbocycles. The third kappa shape index (κ3) is 1.92. The summed E-state index contributed by atoms with van der Waals surface area (Å²) in [6, 6.07) is 5.29. The molecule has 0 aliphatic carbocycles. The molecule has 0 saturated carbocycles. The number of thioether (sulfide) groups is 1. The number of rotatable bonds is 1. The molecule has 2 aliphatic heterocycles. The van der Waals surface area contributed by atoms with Crippen molar-refractivity contribution < 1.29 is 5.11 Å². The van der Waals surface area contributed by atoms with E-state index in [1.165, 1.54) is 0 Å². The van der Waals surface area contributed by atoms with Crippen LogP contribution in [-0.2, 0) is 5.72 Å². The van der Waals surface area contributed by atoms with Crippen LogP contribution in [0.2, 0.25) is 10.0 Å². The van der Waals surface area contributed by atoms with Gasteiger partial charge >= 0.3 is 0 Å². The summed E-state index contributed by atoms with van der Waals surface area (Å²) in [4.78, 5) is 6.40. The molecule has 2 aliphatic rings. The minimum absolute atomic E-state index is 0.468. The maximum absolute atomic E-state index is 10.9. The van der Waals surface area contributed by atoms with Gasteiger partial charge in [0.25, 0.3) is 0 Å². The Hall–Kier alpha value is -0.420. The Morgan fingerprint density at radius 1 is 1.33 bits per heavy atom. The van der Waals surface area contributed by atoms with Crippen molar-refractivity contribution in [3.8, 4) is 0 Å². The van der Waals surface area contributed by atoms with Gasteiger partial charge in [-0.3, -0.25) is 4.99 Å². The van der Waals surface area contributed by atoms with Crippen LogP contribution >= 0.6 is 35.0 Å². The number of fused-ring (bicyclic) bond motifs is 1. The molecular weight excluding hydrogens is 291 g/mol. The fourth-order valence-corrected chi connectivity index (χ4v) is 3.81. The third-order valence-electron chi connectivity index (χ3n) is 3.25. The van der Waals surface area contributed by atoms with E-state index in [9.17, 15) is 5.11 Å². The van der Waals surface area contributed by atoms with E-state index in [0.29, 0.717) is 15.8 Å². The van der Waals surface area contributed by atoms with Crippen LogP contribution in [0.15, 0.2) is 23.2 Å². The van der Waals surface area contributed by atoms with Gasteiger partial charge in [-0.05, 0) is 18.6 Å². The van der Waals surface area contributed by atoms with Gasteiger partial charge in [-0.1, -0.05) is 41.0 Å². The van der Waals surface area contributed by atoms with Crippen molar-refractivity contribution in [2.24, 2.45) is 4.99 Å². The molecule has 1 N–H and O–H groups in total. The predicted molar refractivity (Wildman–Crippen MR) is 76.4 cm³/mol. The zero-order valence-corrected chi connectivity index (χ0v) is 11.9. The van der Waals surface area contributed by atoms with Gasteiger partial charge in [-0.15, -0.1) is 0 Å². The number of amidine groups is 1. The summed E-state index contributed by atoms with van der Waals surface area (Å²) < 4.78 is 0. The number of hydrogen-bond donors (Lipinski definition) is 1. The van der Waals surface area contributed by atoms with Gasteiger partial charge in [0, 0.05) is 18.7 Å². The molecule has 1 atom stereocenters. The number of aliphatic imine (C=N–C) groups is 1. The standard InChI is InChI=1S/C12H12Cl2N2OS/c13-9-3-2-8(6-10(9)14)12(17)7-18-11-15-4-1-5-16(11)12/h2-3,6,17H,1,4-5,7H2. The zero-order valence-electron chi connectivity index (χ0n) is 9.57. The lowest BCUT2D eigenvalue weighted by Gasteiger charge is -2.36. The lowest BCUT2D eigenvalue weighted by molar-refractivity contribution is -0.0497. The molecule has 0 amide bonds. The summed E-state index contributed by atoms with van der Waals surface area (Å²) in [7, 11) is 0. The Morgan fingerprint density at radius 3 is 2.94 bits per heavy atom. The molecule has 6 heteroatoms. The van der Waals surface area contributed by atoms with E-state index < -0.39 is 5.72 Å². The van der Waals surface area contributed by atoms with Crippen molar-refractivity contribution in [3.05, 3.63) is 33.8 Å². The SMILES string of the molecule is OC1(c2ccc(Cl)c(Cl)c2)CSC2=NCCCN21. The summed E-state index contributed by atoms with van der Waals surface area (Å²) >= 11 is 13.5. The number of halogens is 2. The van der Waals surface area contributed by atoms with E-state index in [2.05, 4.69) is 4.99 Å². The first kappa shape index (κ1) is 12.6. The molecule has 0 spiro atoms. The Kier molecular flexibility index (Phi) is 3.22. The van der Waals surface area contributed by atoms with Crippen LogP contribution in [0.4, 0.5) is 0 Å². The maximum Gasteiger partial charge on any atom is 0.175 e. The van der Waals surface area contributed by atoms with Gasteiger partial charge in [0.05, 0.1) is 15.8 Å². The molecule has 1 fully saturated rings. The largest absolute Gasteiger partial charge is 0.366 e. The van der Waals surface area contributed by atoms with Crippen LogP contribution in [0.5, 0.6) is 0 Å². The van der Waals surface area contributed by atoms with Gasteiger partial charge in [0.15, 0.2) is 10.9 Å². The van der Waals surface area contributed by atoms with Gasteiger partial charge in [0.2, 0.25) is 0 Å². The Morgan fingerprint density at radius 2 is 2.17 bits per heavy atom. The molecule has 18 heavy (non-hydrogen) atoms. The Labute approximate surface area is 120 Å². The van der Waals surface area contributed by atoms with E-state index in [4.69, 9.17) is 23.2 Å². The normalized spacial score (nSPS) is 27.1. The molecule has 0 bridgehead atoms. The fourth-order valence-electron chi connectivity index (χ4n) is 2.28. The number of benzene rings is 1. The van der Waals surface area contributed by atoms with Crippen LogP contribution in [0.1, 0.15) is 12.0 Å². The van der Waals surface area contributed by atoms with Crippen LogP contribution in [0, 0.1) is 0 Å². The lowest BCUT2D eigenvalue weighted by atomic mass is 10.0. The summed E-state index contributed by atoms with van der Waals surface area (Å²) in [6.07, 6.45) is 0.966. The molecule has 0 aromatic heterocycles. The molecule has 3 nitrogen and oxygen atoms in total. The summed E-state index contributed by atoms with van der Waals surface area (Å²) in [6.45, 7) is 1.67. The molecular formula is C12H12Cl2N2OS. The highest BCUT2D eigenvalue weighted by Gasteiger charge is 2.45. The first-order valence-corrected chi connectivity index (χ1v) is 7.48. The first-order chi connectivity index (χ1) is 8.61. The van der Waals surface area contributed by atoms with Crippen LogP contribution in [-0.4, -0.2) is 34.0 Å². The molecule has 96 valence electrons. The smallest absolute Gasteiger partial charge is 0.175 e. The topological polar surface area (TPSA) is 35.8 Å². The Balaban J connectivity index is 2.02. The molecule has 1 aromatic rings. The highest BCUT2D eigenvalue weighted by atomic mass is 35.5. The molecule has 3 rings (SSSR count). The van der Waals surface area contributed by atoms with E-state index in [0.717, 1.165) is 30.2 Å². The van der Waals surface area contributed by atoms with Crippen molar-refractivity contribution >= 4 is 40.1 Å². The van der Waals surface area contributed by atoms with Gasteiger partial charge < -0.3 is 10.0 Å². The zero-order chi connectivity index (χ0) is 12.8. The quantitative estimate of drug-likeness (QED) is 0.866. The van der Waals surface area contributed by atoms with Crippen molar-refractivity contribution in [2.45, 2.75) is 12.1 Å². The van der Waals surface area contributed by atoms with E-state index >= 15 is 0 Å². The first-order valence-electron chi connectivity index (χ1n) is 5.74. The number of hydrogen-bond acceptors (Lipinski definition) is 4. The van der Waals surface area contributed by atoms with Crippen LogP contribution in [0.25, 0.3) is 0 Å². The highest BCUT2D eigenvalue weighted by molar-refractivity contribution is 8.14. The summed E-state index contributed by atoms with van der Waals surface area (Å²) in [5, 5.41) is 12.8. The average Bonchev–Trinajstić information content (AvgIpc) is 2.73. The van der Waals surface area contributed by atoms with Crippen LogP contribution in [0.3, 0.4) is 0 Å². The Bertz CT molecular complexity index is 523. The molecule has 1 unspecified atom stereocenters. The second-order valence-electron chi connectivity index (χ2n) is 4.40. The van der Waals surface area contributed by atoms with Crippen molar-refractivity contribution in [1.82, 2.24) is 4.90 Å². The lowest BCUT2D eigenvalue weighted by Crippen LogP contribution is -2.46. The third-order valence-corrected chi connectivity index (χ3v) is 5.14. The number of nitrogens with zero attached hydrogens (tertiary/aromatic N) is 2. The minimum atomic E-state index is -1.02. The summed E-state index contributed by atoms with van der Waals surface area (Å²) in [5.41, 5.74) is -0.241. The van der Waals surface area contributed by atoms with Crippen molar-refractivity contribution in [2.75, 3.05) is 18.8 Å². The van der Waals surface area contributed by atoms with E-state index in [1.54, 1.807) is 23.9 Å². The fraction of sp³-hybridized carbons (Fsp3) is 0.417. The van der Waals surface area contributed by atoms with E-state index in [1.807, 2.05) is 11.0 Å². The second-order valence-corrected chi connectivity index (χ2v) is 6.16. The van der Waals surface area contributed by atoms with Gasteiger partial charge in [-0.25, -0.2) is 0 Å². The summed E-state index contributed by atoms with van der Waals surface area (Å²) in [5.74, 6) is 0.573. The average molecular weight is 303 g/mol. The van der Waals surface area contributed by atoms with Crippen molar-refractivity contribution in [3.63, 3.8) is 0 Å². The van der Waals surface area contributed by atoms with Gasteiger partial charge in [0.1, 0.15) is 0 Å². The number of aliphatic hydroxyl groups is 1. The molecule has 1 saturated heterocycles.